The second kappa shape index (κ2) is 11.1. The van der Waals surface area contributed by atoms with Gasteiger partial charge in [0.2, 0.25) is 5.95 Å². The van der Waals surface area contributed by atoms with Crippen LogP contribution in [0.3, 0.4) is 0 Å². The largest absolute Gasteiger partial charge is 0.495 e. The highest BCUT2D eigenvalue weighted by atomic mass is 35.5. The van der Waals surface area contributed by atoms with Crippen molar-refractivity contribution in [1.29, 1.82) is 0 Å². The Labute approximate surface area is 208 Å². The van der Waals surface area contributed by atoms with Crippen LogP contribution >= 0.6 is 11.6 Å². The summed E-state index contributed by atoms with van der Waals surface area (Å²) in [7, 11) is 1.51. The fraction of sp³-hybridized carbons (Fsp3) is 0.348. The number of ether oxygens (including phenoxy) is 1. The predicted octanol–water partition coefficient (Wildman–Crippen LogP) is 2.43. The van der Waals surface area contributed by atoms with E-state index in [2.05, 4.69) is 30.6 Å². The number of rotatable bonds is 9. The molecule has 34 heavy (non-hydrogen) atoms. The van der Waals surface area contributed by atoms with Gasteiger partial charge in [-0.2, -0.15) is 4.98 Å². The average Bonchev–Trinajstić information content (AvgIpc) is 3.22. The molecule has 1 aromatic carbocycles. The zero-order valence-corrected chi connectivity index (χ0v) is 19.1. The van der Waals surface area contributed by atoms with Crippen LogP contribution < -0.4 is 20.3 Å². The molecule has 3 heterocycles. The van der Waals surface area contributed by atoms with Gasteiger partial charge in [-0.1, -0.05) is 17.7 Å². The van der Waals surface area contributed by atoms with E-state index in [0.29, 0.717) is 16.6 Å². The summed E-state index contributed by atoms with van der Waals surface area (Å²) in [5.41, 5.74) is 0.814. The predicted molar refractivity (Wildman–Crippen MR) is 128 cm³/mol. The molecule has 1 aliphatic rings. The third-order valence-electron chi connectivity index (χ3n) is 5.10. The van der Waals surface area contributed by atoms with E-state index < -0.39 is 25.0 Å². The topological polar surface area (TPSA) is 125 Å². The summed E-state index contributed by atoms with van der Waals surface area (Å²) in [4.78, 5) is 30.8. The monoisotopic (exact) mass is 487 g/mol. The summed E-state index contributed by atoms with van der Waals surface area (Å²) in [6, 6.07) is 5.61. The van der Waals surface area contributed by atoms with E-state index in [1.165, 1.54) is 13.3 Å². The smallest absolute Gasteiger partial charge is 0.256 e. The molecule has 1 aliphatic heterocycles. The number of carbonyl (C=O) groups excluding carboxylic acids is 1. The fourth-order valence-electron chi connectivity index (χ4n) is 3.36. The number of methoxy groups -OCH3 is 1. The van der Waals surface area contributed by atoms with Crippen LogP contribution in [0.15, 0.2) is 42.9 Å². The first kappa shape index (κ1) is 18.9. The number of anilines is 2. The lowest BCUT2D eigenvalue weighted by molar-refractivity contribution is 0.0950. The van der Waals surface area contributed by atoms with Gasteiger partial charge < -0.3 is 25.4 Å². The van der Waals surface area contributed by atoms with Gasteiger partial charge >= 0.3 is 0 Å². The van der Waals surface area contributed by atoms with Gasteiger partial charge in [0.1, 0.15) is 23.0 Å². The second-order valence-corrected chi connectivity index (χ2v) is 7.72. The number of amides is 1. The number of hydrogen-bond acceptors (Lipinski definition) is 9. The Morgan fingerprint density at radius 3 is 2.91 bits per heavy atom. The molecule has 0 unspecified atom stereocenters. The van der Waals surface area contributed by atoms with Gasteiger partial charge in [-0.3, -0.25) is 4.79 Å². The quantitative estimate of drug-likeness (QED) is 0.417. The Balaban J connectivity index is 1.65. The van der Waals surface area contributed by atoms with Crippen molar-refractivity contribution in [3.05, 3.63) is 64.8 Å². The van der Waals surface area contributed by atoms with Gasteiger partial charge in [0.15, 0.2) is 0 Å². The molecule has 2 aromatic heterocycles. The summed E-state index contributed by atoms with van der Waals surface area (Å²) < 4.78 is 37.4. The Morgan fingerprint density at radius 2 is 2.18 bits per heavy atom. The van der Waals surface area contributed by atoms with Crippen LogP contribution in [0.2, 0.25) is 5.02 Å². The molecule has 1 fully saturated rings. The minimum absolute atomic E-state index is 0.0342. The Hall–Kier alpha value is -3.50. The second-order valence-electron chi connectivity index (χ2n) is 7.31. The molecule has 10 nitrogen and oxygen atoms in total. The van der Waals surface area contributed by atoms with Crippen molar-refractivity contribution in [2.24, 2.45) is 0 Å². The van der Waals surface area contributed by atoms with Crippen LogP contribution in [0.5, 0.6) is 5.75 Å². The molecule has 0 saturated carbocycles. The third kappa shape index (κ3) is 5.52. The Kier molecular flexibility index (Phi) is 6.15. The molecule has 3 aromatic rings. The minimum Gasteiger partial charge on any atom is -0.495 e. The van der Waals surface area contributed by atoms with E-state index in [0.717, 1.165) is 10.5 Å². The maximum Gasteiger partial charge on any atom is 0.256 e. The first-order valence-electron chi connectivity index (χ1n) is 12.5. The molecule has 1 atom stereocenters. The van der Waals surface area contributed by atoms with E-state index in [4.69, 9.17) is 21.8 Å². The maximum atomic E-state index is 13.1. The van der Waals surface area contributed by atoms with Crippen LogP contribution in [0, 0.1) is 0 Å². The molecule has 1 amide bonds. The number of aliphatic hydroxyl groups is 1. The highest BCUT2D eigenvalue weighted by molar-refractivity contribution is 6.32. The number of nitrogens with zero attached hydrogens (tertiary/aromatic N) is 5. The van der Waals surface area contributed by atoms with E-state index >= 15 is 0 Å². The normalized spacial score (nSPS) is 18.9. The van der Waals surface area contributed by atoms with Crippen molar-refractivity contribution in [3.63, 3.8) is 0 Å². The average molecular weight is 488 g/mol. The Bertz CT molecular complexity index is 1300. The summed E-state index contributed by atoms with van der Waals surface area (Å²) >= 11 is 6.23. The van der Waals surface area contributed by atoms with Crippen molar-refractivity contribution >= 4 is 29.3 Å². The number of nitrogens with one attached hydrogen (secondary N) is 2. The molecule has 0 bridgehead atoms. The van der Waals surface area contributed by atoms with Gasteiger partial charge in [-0.25, -0.2) is 15.0 Å². The molecule has 11 heteroatoms. The number of aromatic nitrogens is 4. The zero-order valence-electron chi connectivity index (χ0n) is 22.3. The minimum atomic E-state index is -2.70. The summed E-state index contributed by atoms with van der Waals surface area (Å²) in [5, 5.41) is 16.2. The number of benzene rings is 1. The number of carbonyl (C=O) groups is 1. The van der Waals surface area contributed by atoms with E-state index in [-0.39, 0.29) is 43.3 Å². The van der Waals surface area contributed by atoms with Gasteiger partial charge in [0, 0.05) is 34.4 Å². The molecular weight excluding hydrogens is 458 g/mol. The van der Waals surface area contributed by atoms with Crippen LogP contribution in [0.25, 0.3) is 0 Å². The third-order valence-corrected chi connectivity index (χ3v) is 5.39. The molecule has 4 rings (SSSR count). The highest BCUT2D eigenvalue weighted by Gasteiger charge is 2.27. The van der Waals surface area contributed by atoms with E-state index in [1.807, 2.05) is 0 Å². The van der Waals surface area contributed by atoms with Crippen LogP contribution in [0.4, 0.5) is 11.8 Å². The lowest BCUT2D eigenvalue weighted by atomic mass is 10.2. The summed E-state index contributed by atoms with van der Waals surface area (Å²) in [6.45, 7) is -4.47. The molecule has 0 radical (unpaired) electrons. The fourth-order valence-corrected chi connectivity index (χ4v) is 3.64. The summed E-state index contributed by atoms with van der Waals surface area (Å²) in [6.07, 6.45) is 4.35. The first-order chi connectivity index (χ1) is 18.0. The first-order valence-corrected chi connectivity index (χ1v) is 10.9. The molecule has 3 N–H and O–H groups in total. The van der Waals surface area contributed by atoms with Crippen molar-refractivity contribution in [2.75, 3.05) is 30.4 Å². The van der Waals surface area contributed by atoms with E-state index in [1.54, 1.807) is 36.7 Å². The van der Waals surface area contributed by atoms with Crippen LogP contribution in [-0.2, 0) is 13.1 Å². The van der Waals surface area contributed by atoms with Crippen molar-refractivity contribution in [1.82, 2.24) is 25.3 Å². The van der Waals surface area contributed by atoms with Gasteiger partial charge in [-0.15, -0.1) is 0 Å². The molecule has 0 aliphatic carbocycles. The zero-order chi connectivity index (χ0) is 27.5. The van der Waals surface area contributed by atoms with Crippen LogP contribution in [-0.4, -0.2) is 57.2 Å². The van der Waals surface area contributed by atoms with Crippen molar-refractivity contribution in [3.8, 4) is 5.75 Å². The molecular formula is C23H26ClN7O3. The molecule has 178 valence electrons. The number of halogens is 1. The lowest BCUT2D eigenvalue weighted by Crippen LogP contribution is -2.34. The van der Waals surface area contributed by atoms with E-state index in [9.17, 15) is 9.90 Å². The molecule has 0 spiro atoms. The van der Waals surface area contributed by atoms with Crippen molar-refractivity contribution < 1.29 is 20.1 Å². The van der Waals surface area contributed by atoms with Crippen molar-refractivity contribution in [2.45, 2.75) is 32.0 Å². The standard InChI is InChI=1S/C23H26ClN7O3/c1-34-19-6-5-15(10-18(19)24)11-27-21-17(22(33)28-13-20-25-7-3-8-26-20)12-29-23(30-21)31-9-2-4-16(31)14-32/h3,5-8,10,12,16,32H,2,4,9,11,13-14H2,1H3,(H,28,33)(H,27,29,30)/t16-/m0/s1/i9D2,14D2. The Morgan fingerprint density at radius 1 is 1.35 bits per heavy atom. The highest BCUT2D eigenvalue weighted by Crippen LogP contribution is 2.27. The van der Waals surface area contributed by atoms with Crippen LogP contribution in [0.1, 0.15) is 40.1 Å². The van der Waals surface area contributed by atoms with Gasteiger partial charge in [0.05, 0.1) is 34.0 Å². The molecule has 1 saturated heterocycles. The maximum absolute atomic E-state index is 13.1. The lowest BCUT2D eigenvalue weighted by Gasteiger charge is -2.24. The summed E-state index contributed by atoms with van der Waals surface area (Å²) in [5.74, 6) is 0.280. The van der Waals surface area contributed by atoms with Gasteiger partial charge in [-0.05, 0) is 36.6 Å². The SMILES string of the molecule is [2H]C([2H])(O)[C@@H]1CCC([2H])([2H])N1c1ncc(C(=O)NCc2ncccn2)c(NCc2ccc(OC)c(Cl)c2)n1. The number of hydrogen-bond donors (Lipinski definition) is 3. The van der Waals surface area contributed by atoms with Gasteiger partial charge in [0.25, 0.3) is 5.91 Å².